The second-order valence-electron chi connectivity index (χ2n) is 4.47. The second-order valence-corrected chi connectivity index (χ2v) is 4.47. The highest BCUT2D eigenvalue weighted by atomic mass is 19.1. The smallest absolute Gasteiger partial charge is 0.224 e. The number of nitrogens with two attached hydrogens (primary N) is 2. The predicted octanol–water partition coefficient (Wildman–Crippen LogP) is -1.42. The predicted molar refractivity (Wildman–Crippen MR) is 66.0 cm³/mol. The van der Waals surface area contributed by atoms with Crippen LogP contribution in [0, 0.1) is 0 Å². The normalized spacial score (nSPS) is 30.1. The molecule has 0 radical (unpaired) electrons. The summed E-state index contributed by atoms with van der Waals surface area (Å²) in [5.74, 6) is -0.0108. The van der Waals surface area contributed by atoms with E-state index in [0.717, 1.165) is 0 Å². The molecule has 0 unspecified atom stereocenters. The van der Waals surface area contributed by atoms with Gasteiger partial charge in [-0.2, -0.15) is 9.97 Å². The van der Waals surface area contributed by atoms with Gasteiger partial charge in [0, 0.05) is 0 Å². The lowest BCUT2D eigenvalue weighted by molar-refractivity contribution is -0.0459. The minimum atomic E-state index is -1.73. The van der Waals surface area contributed by atoms with Crippen molar-refractivity contribution in [3.05, 3.63) is 6.33 Å². The van der Waals surface area contributed by atoms with E-state index in [0.29, 0.717) is 0 Å². The summed E-state index contributed by atoms with van der Waals surface area (Å²) in [4.78, 5) is 11.7. The lowest BCUT2D eigenvalue weighted by Crippen LogP contribution is -2.30. The van der Waals surface area contributed by atoms with Gasteiger partial charge in [-0.05, 0) is 0 Å². The molecule has 0 amide bonds. The number of nitrogens with zero attached hydrogens (tertiary/aromatic N) is 4. The van der Waals surface area contributed by atoms with E-state index >= 15 is 0 Å². The van der Waals surface area contributed by atoms with Crippen LogP contribution in [0.5, 0.6) is 0 Å². The number of fused-ring (bicyclic) bond motifs is 1. The van der Waals surface area contributed by atoms with Crippen molar-refractivity contribution in [1.29, 1.82) is 0 Å². The van der Waals surface area contributed by atoms with Crippen LogP contribution in [-0.2, 0) is 4.74 Å². The van der Waals surface area contributed by atoms with Gasteiger partial charge in [-0.25, -0.2) is 9.37 Å². The summed E-state index contributed by atoms with van der Waals surface area (Å²) >= 11 is 0. The van der Waals surface area contributed by atoms with E-state index in [4.69, 9.17) is 21.3 Å². The van der Waals surface area contributed by atoms with Crippen LogP contribution < -0.4 is 11.5 Å². The second kappa shape index (κ2) is 4.51. The molecule has 9 nitrogen and oxygen atoms in total. The monoisotopic (exact) mass is 284 g/mol. The number of hydrogen-bond acceptors (Lipinski definition) is 8. The summed E-state index contributed by atoms with van der Waals surface area (Å²) in [5, 5.41) is 18.7. The Bertz CT molecular complexity index is 649. The first-order valence-corrected chi connectivity index (χ1v) is 5.87. The first-order chi connectivity index (χ1) is 9.52. The van der Waals surface area contributed by atoms with Crippen molar-refractivity contribution < 1.29 is 19.3 Å². The molecule has 1 fully saturated rings. The molecule has 2 aromatic rings. The van der Waals surface area contributed by atoms with E-state index in [1.165, 1.54) is 10.9 Å². The number of aliphatic hydroxyl groups excluding tert-OH is 2. The van der Waals surface area contributed by atoms with Crippen molar-refractivity contribution in [2.75, 3.05) is 18.1 Å². The van der Waals surface area contributed by atoms with Gasteiger partial charge in [-0.15, -0.1) is 0 Å². The number of imidazole rings is 1. The van der Waals surface area contributed by atoms with E-state index in [9.17, 15) is 9.50 Å². The Kier molecular flexibility index (Phi) is 2.92. The average molecular weight is 284 g/mol. The molecule has 0 spiro atoms. The Labute approximate surface area is 112 Å². The number of alkyl halides is 1. The minimum absolute atomic E-state index is 0.0684. The SMILES string of the molecule is Nc1nc(N)c2ncn([C@H]3O[C@@H](CO)[C@H](O)[C@@H]3F)c2n1. The van der Waals surface area contributed by atoms with Gasteiger partial charge < -0.3 is 26.4 Å². The zero-order chi connectivity index (χ0) is 14.4. The van der Waals surface area contributed by atoms with Crippen LogP contribution in [-0.4, -0.2) is 54.7 Å². The Morgan fingerprint density at radius 2 is 2.15 bits per heavy atom. The summed E-state index contributed by atoms with van der Waals surface area (Å²) in [6.45, 7) is -0.496. The summed E-state index contributed by atoms with van der Waals surface area (Å²) < 4.78 is 20.6. The van der Waals surface area contributed by atoms with Crippen molar-refractivity contribution in [3.63, 3.8) is 0 Å². The zero-order valence-corrected chi connectivity index (χ0v) is 10.2. The highest BCUT2D eigenvalue weighted by Gasteiger charge is 2.45. The third-order valence-corrected chi connectivity index (χ3v) is 3.21. The van der Waals surface area contributed by atoms with E-state index in [1.807, 2.05) is 0 Å². The Morgan fingerprint density at radius 1 is 1.40 bits per heavy atom. The third kappa shape index (κ3) is 1.77. The van der Waals surface area contributed by atoms with Crippen molar-refractivity contribution in [3.8, 4) is 0 Å². The molecular weight excluding hydrogens is 271 g/mol. The molecule has 2 aromatic heterocycles. The van der Waals surface area contributed by atoms with Crippen molar-refractivity contribution in [2.45, 2.75) is 24.6 Å². The average Bonchev–Trinajstić information content (AvgIpc) is 2.93. The number of ether oxygens (including phenoxy) is 1. The summed E-state index contributed by atoms with van der Waals surface area (Å²) in [7, 11) is 0. The van der Waals surface area contributed by atoms with Crippen LogP contribution in [0.4, 0.5) is 16.2 Å². The number of halogens is 1. The molecule has 1 aliphatic heterocycles. The maximum atomic E-state index is 14.1. The van der Waals surface area contributed by atoms with Crippen LogP contribution in [0.2, 0.25) is 0 Å². The summed E-state index contributed by atoms with van der Waals surface area (Å²) in [6.07, 6.45) is -4.07. The Morgan fingerprint density at radius 3 is 2.80 bits per heavy atom. The fourth-order valence-electron chi connectivity index (χ4n) is 2.22. The van der Waals surface area contributed by atoms with E-state index < -0.39 is 31.2 Å². The molecule has 10 heteroatoms. The Balaban J connectivity index is 2.07. The number of aromatic nitrogens is 4. The largest absolute Gasteiger partial charge is 0.394 e. The molecule has 4 atom stereocenters. The molecule has 1 aliphatic rings. The maximum absolute atomic E-state index is 14.1. The van der Waals surface area contributed by atoms with Gasteiger partial charge >= 0.3 is 0 Å². The molecule has 0 bridgehead atoms. The van der Waals surface area contributed by atoms with Crippen molar-refractivity contribution in [1.82, 2.24) is 19.5 Å². The van der Waals surface area contributed by atoms with E-state index in [1.54, 1.807) is 0 Å². The highest BCUT2D eigenvalue weighted by Crippen LogP contribution is 2.33. The van der Waals surface area contributed by atoms with Crippen LogP contribution in [0.15, 0.2) is 6.33 Å². The first-order valence-electron chi connectivity index (χ1n) is 5.87. The molecule has 1 saturated heterocycles. The van der Waals surface area contributed by atoms with Gasteiger partial charge in [0.05, 0.1) is 12.9 Å². The van der Waals surface area contributed by atoms with Crippen LogP contribution >= 0.6 is 0 Å². The first kappa shape index (κ1) is 13.0. The fraction of sp³-hybridized carbons (Fsp3) is 0.500. The van der Waals surface area contributed by atoms with Gasteiger partial charge in [-0.3, -0.25) is 4.57 Å². The zero-order valence-electron chi connectivity index (χ0n) is 10.2. The molecule has 6 N–H and O–H groups in total. The molecule has 108 valence electrons. The highest BCUT2D eigenvalue weighted by molar-refractivity contribution is 5.82. The topological polar surface area (TPSA) is 145 Å². The molecular formula is C10H13FN6O3. The lowest BCUT2D eigenvalue weighted by atomic mass is 10.1. The lowest BCUT2D eigenvalue weighted by Gasteiger charge is -2.15. The molecule has 0 aromatic carbocycles. The molecule has 3 heterocycles. The van der Waals surface area contributed by atoms with E-state index in [-0.39, 0.29) is 22.9 Å². The maximum Gasteiger partial charge on any atom is 0.224 e. The Hall–Kier alpha value is -2.04. The van der Waals surface area contributed by atoms with Gasteiger partial charge in [0.1, 0.15) is 17.7 Å². The van der Waals surface area contributed by atoms with Crippen molar-refractivity contribution in [2.24, 2.45) is 0 Å². The van der Waals surface area contributed by atoms with Gasteiger partial charge in [0.25, 0.3) is 0 Å². The third-order valence-electron chi connectivity index (χ3n) is 3.21. The fourth-order valence-corrected chi connectivity index (χ4v) is 2.22. The van der Waals surface area contributed by atoms with Gasteiger partial charge in [0.2, 0.25) is 5.95 Å². The van der Waals surface area contributed by atoms with E-state index in [2.05, 4.69) is 15.0 Å². The molecule has 0 saturated carbocycles. The van der Waals surface area contributed by atoms with Crippen LogP contribution in [0.1, 0.15) is 6.23 Å². The summed E-state index contributed by atoms with van der Waals surface area (Å²) in [5.41, 5.74) is 11.6. The quantitative estimate of drug-likeness (QED) is 0.525. The number of aliphatic hydroxyl groups is 2. The van der Waals surface area contributed by atoms with Crippen molar-refractivity contribution >= 4 is 22.9 Å². The number of anilines is 2. The standard InChI is InChI=1S/C10H13FN6O3/c11-4-6(19)3(1-18)20-9(4)17-2-14-5-7(12)15-10(13)16-8(5)17/h2-4,6,9,18-19H,1H2,(H4,12,13,15,16)/t3-,4-,6-,9-/m0/s1. The number of hydrogen-bond donors (Lipinski definition) is 4. The van der Waals surface area contributed by atoms with Crippen LogP contribution in [0.25, 0.3) is 11.2 Å². The number of nitrogen functional groups attached to an aromatic ring is 2. The number of rotatable bonds is 2. The summed E-state index contributed by atoms with van der Waals surface area (Å²) in [6, 6.07) is 0. The van der Waals surface area contributed by atoms with Gasteiger partial charge in [0.15, 0.2) is 23.9 Å². The molecule has 0 aliphatic carbocycles. The van der Waals surface area contributed by atoms with Gasteiger partial charge in [-0.1, -0.05) is 0 Å². The van der Waals surface area contributed by atoms with Crippen LogP contribution in [0.3, 0.4) is 0 Å². The minimum Gasteiger partial charge on any atom is -0.394 e. The molecule has 20 heavy (non-hydrogen) atoms. The molecule has 3 rings (SSSR count).